The minimum Gasteiger partial charge on any atom is -0.345 e. The lowest BCUT2D eigenvalue weighted by Gasteiger charge is -2.19. The third-order valence-electron chi connectivity index (χ3n) is 3.83. The standard InChI is InChI=1S/C18H21Cl2N3O2/c1-9(11-6-7-12(19)13(20)8-11)21-15(24)14-10(2)22-17(18(3,4)5)23-16(14)25/h6-9H,1-5H3,(H,21,24)(H,22,23,25). The number of carbonyl (C=O) groups excluding carboxylic acids is 1. The van der Waals surface area contributed by atoms with Gasteiger partial charge in [0.1, 0.15) is 11.4 Å². The average Bonchev–Trinajstić information content (AvgIpc) is 2.48. The van der Waals surface area contributed by atoms with E-state index in [1.54, 1.807) is 32.0 Å². The zero-order valence-electron chi connectivity index (χ0n) is 14.8. The van der Waals surface area contributed by atoms with Crippen LogP contribution < -0.4 is 10.9 Å². The number of benzene rings is 1. The molecule has 1 atom stereocenters. The molecule has 1 heterocycles. The molecule has 2 aromatic rings. The largest absolute Gasteiger partial charge is 0.345 e. The Hall–Kier alpha value is -1.85. The van der Waals surface area contributed by atoms with Gasteiger partial charge in [0.05, 0.1) is 21.8 Å². The molecular formula is C18H21Cl2N3O2. The summed E-state index contributed by atoms with van der Waals surface area (Å²) >= 11 is 11.9. The quantitative estimate of drug-likeness (QED) is 0.837. The van der Waals surface area contributed by atoms with Crippen molar-refractivity contribution < 1.29 is 4.79 Å². The van der Waals surface area contributed by atoms with Crippen molar-refractivity contribution in [1.29, 1.82) is 0 Å². The minimum absolute atomic E-state index is 0.0138. The Bertz CT molecular complexity index is 870. The number of rotatable bonds is 3. The van der Waals surface area contributed by atoms with Gasteiger partial charge in [-0.15, -0.1) is 0 Å². The Labute approximate surface area is 156 Å². The summed E-state index contributed by atoms with van der Waals surface area (Å²) in [4.78, 5) is 32.0. The number of nitrogens with zero attached hydrogens (tertiary/aromatic N) is 1. The highest BCUT2D eigenvalue weighted by molar-refractivity contribution is 6.42. The second-order valence-corrected chi connectivity index (χ2v) is 7.81. The molecule has 5 nitrogen and oxygen atoms in total. The number of aryl methyl sites for hydroxylation is 1. The number of halogens is 2. The maximum absolute atomic E-state index is 12.6. The molecule has 0 saturated carbocycles. The monoisotopic (exact) mass is 381 g/mol. The topological polar surface area (TPSA) is 74.8 Å². The summed E-state index contributed by atoms with van der Waals surface area (Å²) in [5.74, 6) is 0.0642. The number of hydrogen-bond acceptors (Lipinski definition) is 3. The lowest BCUT2D eigenvalue weighted by atomic mass is 9.95. The molecule has 1 amide bonds. The fraction of sp³-hybridized carbons (Fsp3) is 0.389. The number of hydrogen-bond donors (Lipinski definition) is 2. The number of carbonyl (C=O) groups is 1. The molecule has 1 unspecified atom stereocenters. The third-order valence-corrected chi connectivity index (χ3v) is 4.57. The zero-order chi connectivity index (χ0) is 18.9. The third kappa shape index (κ3) is 4.41. The van der Waals surface area contributed by atoms with Gasteiger partial charge in [-0.25, -0.2) is 4.98 Å². The normalized spacial score (nSPS) is 12.8. The minimum atomic E-state index is -0.481. The van der Waals surface area contributed by atoms with E-state index >= 15 is 0 Å². The van der Waals surface area contributed by atoms with E-state index in [4.69, 9.17) is 23.2 Å². The fourth-order valence-electron chi connectivity index (χ4n) is 2.34. The Kier molecular flexibility index (Phi) is 5.59. The highest BCUT2D eigenvalue weighted by Gasteiger charge is 2.23. The van der Waals surface area contributed by atoms with Crippen LogP contribution in [0.3, 0.4) is 0 Å². The van der Waals surface area contributed by atoms with Crippen LogP contribution in [0.5, 0.6) is 0 Å². The molecular weight excluding hydrogens is 361 g/mol. The van der Waals surface area contributed by atoms with Crippen LogP contribution >= 0.6 is 23.2 Å². The van der Waals surface area contributed by atoms with E-state index < -0.39 is 11.5 Å². The van der Waals surface area contributed by atoms with Crippen molar-refractivity contribution in [3.05, 3.63) is 61.2 Å². The summed E-state index contributed by atoms with van der Waals surface area (Å²) < 4.78 is 0. The predicted molar refractivity (Wildman–Crippen MR) is 101 cm³/mol. The first kappa shape index (κ1) is 19.5. The second kappa shape index (κ2) is 7.18. The van der Waals surface area contributed by atoms with E-state index in [0.29, 0.717) is 21.6 Å². The second-order valence-electron chi connectivity index (χ2n) is 6.99. The van der Waals surface area contributed by atoms with Crippen molar-refractivity contribution in [2.24, 2.45) is 0 Å². The molecule has 0 bridgehead atoms. The fourth-order valence-corrected chi connectivity index (χ4v) is 2.65. The van der Waals surface area contributed by atoms with Gasteiger partial charge in [0, 0.05) is 5.41 Å². The molecule has 1 aromatic heterocycles. The lowest BCUT2D eigenvalue weighted by Crippen LogP contribution is -2.35. The van der Waals surface area contributed by atoms with Gasteiger partial charge in [-0.3, -0.25) is 9.59 Å². The molecule has 0 aliphatic rings. The molecule has 0 aliphatic carbocycles. The predicted octanol–water partition coefficient (Wildman–Crippen LogP) is 4.17. The van der Waals surface area contributed by atoms with Gasteiger partial charge in [0.15, 0.2) is 0 Å². The van der Waals surface area contributed by atoms with Crippen LogP contribution in [-0.2, 0) is 5.41 Å². The Morgan fingerprint density at radius 2 is 1.88 bits per heavy atom. The van der Waals surface area contributed by atoms with Gasteiger partial charge >= 0.3 is 0 Å². The Balaban J connectivity index is 2.29. The molecule has 2 N–H and O–H groups in total. The van der Waals surface area contributed by atoms with Gasteiger partial charge in [0.2, 0.25) is 0 Å². The number of aromatic amines is 1. The lowest BCUT2D eigenvalue weighted by molar-refractivity contribution is 0.0937. The van der Waals surface area contributed by atoms with Crippen LogP contribution in [0.4, 0.5) is 0 Å². The summed E-state index contributed by atoms with van der Waals surface area (Å²) in [7, 11) is 0. The number of aromatic nitrogens is 2. The van der Waals surface area contributed by atoms with Gasteiger partial charge in [0.25, 0.3) is 11.5 Å². The summed E-state index contributed by atoms with van der Waals surface area (Å²) in [6.45, 7) is 9.28. The molecule has 0 aliphatic heterocycles. The van der Waals surface area contributed by atoms with Gasteiger partial charge in [-0.1, -0.05) is 50.0 Å². The van der Waals surface area contributed by atoms with Crippen molar-refractivity contribution in [1.82, 2.24) is 15.3 Å². The SMILES string of the molecule is Cc1nc(C(C)(C)C)[nH]c(=O)c1C(=O)NC(C)c1ccc(Cl)c(Cl)c1. The molecule has 0 radical (unpaired) electrons. The first-order valence-corrected chi connectivity index (χ1v) is 8.63. The number of nitrogens with one attached hydrogen (secondary N) is 2. The Morgan fingerprint density at radius 1 is 1.24 bits per heavy atom. The summed E-state index contributed by atoms with van der Waals surface area (Å²) in [5.41, 5.74) is 0.437. The van der Waals surface area contributed by atoms with Crippen molar-refractivity contribution in [3.63, 3.8) is 0 Å². The van der Waals surface area contributed by atoms with Crippen LogP contribution in [-0.4, -0.2) is 15.9 Å². The summed E-state index contributed by atoms with van der Waals surface area (Å²) in [6.07, 6.45) is 0. The molecule has 0 saturated heterocycles. The maximum Gasteiger partial charge on any atom is 0.264 e. The first-order valence-electron chi connectivity index (χ1n) is 7.88. The molecule has 1 aromatic carbocycles. The van der Waals surface area contributed by atoms with Crippen molar-refractivity contribution >= 4 is 29.1 Å². The number of amides is 1. The van der Waals surface area contributed by atoms with Crippen molar-refractivity contribution in [3.8, 4) is 0 Å². The summed E-state index contributed by atoms with van der Waals surface area (Å²) in [6, 6.07) is 4.78. The molecule has 134 valence electrons. The van der Waals surface area contributed by atoms with Gasteiger partial charge < -0.3 is 10.3 Å². The molecule has 7 heteroatoms. The maximum atomic E-state index is 12.6. The zero-order valence-corrected chi connectivity index (χ0v) is 16.3. The molecule has 25 heavy (non-hydrogen) atoms. The van der Waals surface area contributed by atoms with E-state index in [1.807, 2.05) is 20.8 Å². The molecule has 0 spiro atoms. The van der Waals surface area contributed by atoms with Crippen molar-refractivity contribution in [2.75, 3.05) is 0 Å². The van der Waals surface area contributed by atoms with Crippen LogP contribution in [0.2, 0.25) is 10.0 Å². The highest BCUT2D eigenvalue weighted by atomic mass is 35.5. The van der Waals surface area contributed by atoms with E-state index in [2.05, 4.69) is 15.3 Å². The van der Waals surface area contributed by atoms with Crippen molar-refractivity contribution in [2.45, 2.75) is 46.1 Å². The van der Waals surface area contributed by atoms with Crippen LogP contribution in [0.1, 0.15) is 61.2 Å². The first-order chi connectivity index (χ1) is 11.5. The smallest absolute Gasteiger partial charge is 0.264 e. The van der Waals surface area contributed by atoms with E-state index in [-0.39, 0.29) is 17.0 Å². The van der Waals surface area contributed by atoms with Gasteiger partial charge in [-0.05, 0) is 31.5 Å². The molecule has 0 fully saturated rings. The van der Waals surface area contributed by atoms with Crippen LogP contribution in [0.25, 0.3) is 0 Å². The van der Waals surface area contributed by atoms with Crippen LogP contribution in [0, 0.1) is 6.92 Å². The average molecular weight is 382 g/mol. The Morgan fingerprint density at radius 3 is 2.40 bits per heavy atom. The highest BCUT2D eigenvalue weighted by Crippen LogP contribution is 2.25. The van der Waals surface area contributed by atoms with E-state index in [0.717, 1.165) is 5.56 Å². The summed E-state index contributed by atoms with van der Waals surface area (Å²) in [5, 5.41) is 3.65. The van der Waals surface area contributed by atoms with Gasteiger partial charge in [-0.2, -0.15) is 0 Å². The van der Waals surface area contributed by atoms with E-state index in [1.165, 1.54) is 0 Å². The molecule has 2 rings (SSSR count). The van der Waals surface area contributed by atoms with Crippen LogP contribution in [0.15, 0.2) is 23.0 Å². The number of H-pyrrole nitrogens is 1. The van der Waals surface area contributed by atoms with E-state index in [9.17, 15) is 9.59 Å².